The van der Waals surface area contributed by atoms with E-state index in [0.717, 1.165) is 38.4 Å². The van der Waals surface area contributed by atoms with Crippen molar-refractivity contribution >= 4 is 0 Å². The summed E-state index contributed by atoms with van der Waals surface area (Å²) in [6, 6.07) is 6.42. The van der Waals surface area contributed by atoms with Crippen LogP contribution in [0.3, 0.4) is 0 Å². The highest BCUT2D eigenvalue weighted by atomic mass is 16.5. The summed E-state index contributed by atoms with van der Waals surface area (Å²) in [7, 11) is 0. The molecule has 1 fully saturated rings. The molecule has 2 N–H and O–H groups in total. The van der Waals surface area contributed by atoms with Gasteiger partial charge in [0, 0.05) is 18.6 Å². The normalized spacial score (nSPS) is 20.9. The fraction of sp³-hybridized carbons (Fsp3) is 0.600. The first-order valence-corrected chi connectivity index (χ1v) is 6.71. The molecule has 0 aromatic heterocycles. The number of aryl methyl sites for hydroxylation is 1. The van der Waals surface area contributed by atoms with E-state index < -0.39 is 0 Å². The van der Waals surface area contributed by atoms with Gasteiger partial charge in [0.1, 0.15) is 5.75 Å². The second kappa shape index (κ2) is 6.21. The van der Waals surface area contributed by atoms with Crippen molar-refractivity contribution in [2.45, 2.75) is 32.7 Å². The highest BCUT2D eigenvalue weighted by Gasteiger charge is 2.17. The molecule has 1 aliphatic heterocycles. The maximum atomic E-state index is 6.02. The van der Waals surface area contributed by atoms with Crippen molar-refractivity contribution < 1.29 is 9.47 Å². The molecular weight excluding hydrogens is 226 g/mol. The largest absolute Gasteiger partial charge is 0.493 e. The van der Waals surface area contributed by atoms with Crippen molar-refractivity contribution in [2.75, 3.05) is 19.8 Å². The zero-order valence-corrected chi connectivity index (χ0v) is 11.3. The van der Waals surface area contributed by atoms with Crippen LogP contribution in [0, 0.1) is 12.8 Å². The predicted octanol–water partition coefficient (Wildman–Crippen LogP) is 2.30. The molecule has 2 atom stereocenters. The second-order valence-electron chi connectivity index (χ2n) is 5.29. The lowest BCUT2D eigenvalue weighted by atomic mass is 10.0. The third kappa shape index (κ3) is 3.47. The van der Waals surface area contributed by atoms with Gasteiger partial charge in [0.05, 0.1) is 13.2 Å². The van der Waals surface area contributed by atoms with E-state index in [1.54, 1.807) is 0 Å². The number of benzene rings is 1. The first-order valence-electron chi connectivity index (χ1n) is 6.71. The Bertz CT molecular complexity index is 384. The van der Waals surface area contributed by atoms with Gasteiger partial charge in [-0.2, -0.15) is 0 Å². The van der Waals surface area contributed by atoms with Crippen LogP contribution in [0.1, 0.15) is 24.5 Å². The van der Waals surface area contributed by atoms with Gasteiger partial charge >= 0.3 is 0 Å². The molecule has 1 saturated heterocycles. The Morgan fingerprint density at radius 3 is 3.00 bits per heavy atom. The van der Waals surface area contributed by atoms with Gasteiger partial charge < -0.3 is 15.2 Å². The highest BCUT2D eigenvalue weighted by molar-refractivity contribution is 5.41. The van der Waals surface area contributed by atoms with Gasteiger partial charge in [0.15, 0.2) is 0 Å². The van der Waals surface area contributed by atoms with Crippen LogP contribution < -0.4 is 10.5 Å². The molecule has 3 heteroatoms. The highest BCUT2D eigenvalue weighted by Crippen LogP contribution is 2.26. The van der Waals surface area contributed by atoms with Crippen LogP contribution in [0.4, 0.5) is 0 Å². The molecule has 100 valence electrons. The standard InChI is InChI=1S/C15H23NO2/c1-11-4-3-5-14(8-12(2)16)15(11)18-10-13-6-7-17-9-13/h3-5,12-13H,6-10,16H2,1-2H3. The van der Waals surface area contributed by atoms with Crippen LogP contribution in [-0.4, -0.2) is 25.9 Å². The third-order valence-electron chi connectivity index (χ3n) is 3.32. The molecule has 0 radical (unpaired) electrons. The summed E-state index contributed by atoms with van der Waals surface area (Å²) in [5.41, 5.74) is 8.29. The summed E-state index contributed by atoms with van der Waals surface area (Å²) in [5, 5.41) is 0. The van der Waals surface area contributed by atoms with Gasteiger partial charge in [-0.05, 0) is 37.8 Å². The minimum atomic E-state index is 0.156. The monoisotopic (exact) mass is 249 g/mol. The Hall–Kier alpha value is -1.06. The molecule has 0 bridgehead atoms. The molecule has 0 spiro atoms. The quantitative estimate of drug-likeness (QED) is 0.871. The molecule has 0 saturated carbocycles. The van der Waals surface area contributed by atoms with E-state index >= 15 is 0 Å². The number of para-hydroxylation sites is 1. The van der Waals surface area contributed by atoms with Crippen molar-refractivity contribution in [3.05, 3.63) is 29.3 Å². The summed E-state index contributed by atoms with van der Waals surface area (Å²) in [5.74, 6) is 1.55. The van der Waals surface area contributed by atoms with Crippen LogP contribution in [0.15, 0.2) is 18.2 Å². The average Bonchev–Trinajstić information content (AvgIpc) is 2.80. The number of nitrogens with two attached hydrogens (primary N) is 1. The molecule has 1 aliphatic rings. The van der Waals surface area contributed by atoms with Gasteiger partial charge in [-0.15, -0.1) is 0 Å². The molecule has 0 aliphatic carbocycles. The molecule has 3 nitrogen and oxygen atoms in total. The van der Waals surface area contributed by atoms with E-state index in [2.05, 4.69) is 25.1 Å². The lowest BCUT2D eigenvalue weighted by Gasteiger charge is -2.17. The van der Waals surface area contributed by atoms with Gasteiger partial charge in [-0.1, -0.05) is 18.2 Å². The van der Waals surface area contributed by atoms with Gasteiger partial charge in [-0.25, -0.2) is 0 Å². The maximum Gasteiger partial charge on any atom is 0.125 e. The van der Waals surface area contributed by atoms with E-state index in [4.69, 9.17) is 15.2 Å². The SMILES string of the molecule is Cc1cccc(CC(C)N)c1OCC1CCOC1. The first kappa shape index (κ1) is 13.4. The molecule has 1 aromatic carbocycles. The molecular formula is C15H23NO2. The number of ether oxygens (including phenoxy) is 2. The minimum absolute atomic E-state index is 0.156. The third-order valence-corrected chi connectivity index (χ3v) is 3.32. The Labute approximate surface area is 109 Å². The average molecular weight is 249 g/mol. The van der Waals surface area contributed by atoms with Crippen LogP contribution in [0.25, 0.3) is 0 Å². The van der Waals surface area contributed by atoms with E-state index in [-0.39, 0.29) is 6.04 Å². The first-order chi connectivity index (χ1) is 8.66. The number of rotatable bonds is 5. The second-order valence-corrected chi connectivity index (χ2v) is 5.29. The van der Waals surface area contributed by atoms with E-state index in [9.17, 15) is 0 Å². The van der Waals surface area contributed by atoms with E-state index in [1.165, 1.54) is 11.1 Å². The summed E-state index contributed by atoms with van der Waals surface area (Å²) in [6.07, 6.45) is 1.96. The fourth-order valence-electron chi connectivity index (χ4n) is 2.34. The lowest BCUT2D eigenvalue weighted by molar-refractivity contribution is 0.166. The smallest absolute Gasteiger partial charge is 0.125 e. The molecule has 2 rings (SSSR count). The maximum absolute atomic E-state index is 6.02. The van der Waals surface area contributed by atoms with Crippen molar-refractivity contribution in [3.63, 3.8) is 0 Å². The Morgan fingerprint density at radius 2 is 2.33 bits per heavy atom. The zero-order valence-electron chi connectivity index (χ0n) is 11.3. The summed E-state index contributed by atoms with van der Waals surface area (Å²) in [6.45, 7) is 6.56. The Morgan fingerprint density at radius 1 is 1.50 bits per heavy atom. The van der Waals surface area contributed by atoms with Crippen LogP contribution in [0.5, 0.6) is 5.75 Å². The summed E-state index contributed by atoms with van der Waals surface area (Å²) >= 11 is 0. The predicted molar refractivity (Wildman–Crippen MR) is 73.0 cm³/mol. The summed E-state index contributed by atoms with van der Waals surface area (Å²) < 4.78 is 11.4. The zero-order chi connectivity index (χ0) is 13.0. The topological polar surface area (TPSA) is 44.5 Å². The minimum Gasteiger partial charge on any atom is -0.493 e. The van der Waals surface area contributed by atoms with Crippen LogP contribution >= 0.6 is 0 Å². The van der Waals surface area contributed by atoms with E-state index in [0.29, 0.717) is 5.92 Å². The van der Waals surface area contributed by atoms with Gasteiger partial charge in [-0.3, -0.25) is 0 Å². The molecule has 1 aromatic rings. The lowest BCUT2D eigenvalue weighted by Crippen LogP contribution is -2.19. The molecule has 0 amide bonds. The molecule has 1 heterocycles. The van der Waals surface area contributed by atoms with Gasteiger partial charge in [0.2, 0.25) is 0 Å². The Balaban J connectivity index is 2.04. The van der Waals surface area contributed by atoms with E-state index in [1.807, 2.05) is 6.92 Å². The fourth-order valence-corrected chi connectivity index (χ4v) is 2.34. The number of hydrogen-bond acceptors (Lipinski definition) is 3. The van der Waals surface area contributed by atoms with Crippen LogP contribution in [0.2, 0.25) is 0 Å². The van der Waals surface area contributed by atoms with Crippen molar-refractivity contribution in [1.82, 2.24) is 0 Å². The van der Waals surface area contributed by atoms with Crippen molar-refractivity contribution in [1.29, 1.82) is 0 Å². The van der Waals surface area contributed by atoms with Crippen molar-refractivity contribution in [3.8, 4) is 5.75 Å². The van der Waals surface area contributed by atoms with Crippen LogP contribution in [-0.2, 0) is 11.2 Å². The number of hydrogen-bond donors (Lipinski definition) is 1. The summed E-state index contributed by atoms with van der Waals surface area (Å²) in [4.78, 5) is 0. The molecule has 2 unspecified atom stereocenters. The van der Waals surface area contributed by atoms with Gasteiger partial charge in [0.25, 0.3) is 0 Å². The Kier molecular flexibility index (Phi) is 4.61. The molecule has 18 heavy (non-hydrogen) atoms. The van der Waals surface area contributed by atoms with Crippen molar-refractivity contribution in [2.24, 2.45) is 11.7 Å².